The number of sulfone groups is 1. The number of hydrogen-bond donors (Lipinski definition) is 9. The quantitative estimate of drug-likeness (QED) is 0.0195. The second-order valence-electron chi connectivity index (χ2n) is 12.3. The average molecular weight is 952 g/mol. The number of nitrogens with one attached hydrogen (secondary N) is 3. The number of nitrogen functional groups attached to an aromatic ring is 1. The number of aryl methyl sites for hydroxylation is 1. The van der Waals surface area contributed by atoms with E-state index < -0.39 is 46.1 Å². The minimum absolute atomic E-state index is 0.0340. The molecule has 0 unspecified atom stereocenters. The predicted octanol–water partition coefficient (Wildman–Crippen LogP) is 6.80. The number of para-hydroxylation sites is 1. The second-order valence-corrected chi connectivity index (χ2v) is 16.4. The first-order valence-corrected chi connectivity index (χ1v) is 20.9. The SMILES string of the molecule is CSc1sc(C(=N)N)cc1S(=O)(=O)c1cccc(-c2c(C)cc(N=C(N)N)cc2NC(=O)NCCCCCOc2ccccc2C(=O)O)c1.O=C(O)C(F)(F)F.O=C(O)C(F)(F)F. The third-order valence-electron chi connectivity index (χ3n) is 7.63. The lowest BCUT2D eigenvalue weighted by Crippen LogP contribution is -2.29. The molecule has 0 aliphatic carbocycles. The van der Waals surface area contributed by atoms with Crippen molar-refractivity contribution in [3.63, 3.8) is 0 Å². The number of carboxylic acids is 3. The fraction of sp³-hybridized carbons (Fsp3) is 0.243. The summed E-state index contributed by atoms with van der Waals surface area (Å²) in [6.45, 7) is 2.48. The topological polar surface area (TPSA) is 311 Å². The number of amides is 2. The first kappa shape index (κ1) is 52.6. The number of carbonyl (C=O) groups excluding carboxylic acids is 1. The van der Waals surface area contributed by atoms with Gasteiger partial charge in [0.1, 0.15) is 17.1 Å². The number of hydrogen-bond acceptors (Lipinski definition) is 11. The number of nitrogens with zero attached hydrogens (tertiary/aromatic N) is 1. The van der Waals surface area contributed by atoms with Crippen LogP contribution < -0.4 is 32.6 Å². The molecule has 342 valence electrons. The molecular formula is C37H39F6N7O10S3. The molecule has 1 aromatic heterocycles. The minimum Gasteiger partial charge on any atom is -0.493 e. The summed E-state index contributed by atoms with van der Waals surface area (Å²) in [5.74, 6) is -6.65. The van der Waals surface area contributed by atoms with Crippen LogP contribution in [-0.2, 0) is 19.4 Å². The Morgan fingerprint density at radius 2 is 1.48 bits per heavy atom. The zero-order valence-corrected chi connectivity index (χ0v) is 35.2. The average Bonchev–Trinajstić information content (AvgIpc) is 3.63. The molecule has 4 aromatic rings. The highest BCUT2D eigenvalue weighted by atomic mass is 32.2. The molecule has 2 amide bonds. The van der Waals surface area contributed by atoms with E-state index in [2.05, 4.69) is 15.6 Å². The van der Waals surface area contributed by atoms with Gasteiger partial charge in [-0.15, -0.1) is 23.1 Å². The van der Waals surface area contributed by atoms with Crippen LogP contribution in [0.1, 0.15) is 40.1 Å². The zero-order valence-electron chi connectivity index (χ0n) is 32.8. The van der Waals surface area contributed by atoms with Gasteiger partial charge in [0.05, 0.1) is 36.9 Å². The van der Waals surface area contributed by atoms with Crippen molar-refractivity contribution in [2.24, 2.45) is 22.2 Å². The number of ether oxygens (including phenoxy) is 1. The lowest BCUT2D eigenvalue weighted by Gasteiger charge is -2.17. The number of halogens is 6. The summed E-state index contributed by atoms with van der Waals surface area (Å²) in [6.07, 6.45) is -6.39. The van der Waals surface area contributed by atoms with Crippen LogP contribution in [0.2, 0.25) is 0 Å². The summed E-state index contributed by atoms with van der Waals surface area (Å²) in [6, 6.07) is 17.1. The van der Waals surface area contributed by atoms with E-state index in [0.717, 1.165) is 17.8 Å². The number of carboxylic acid groups (broad SMARTS) is 3. The second kappa shape index (κ2) is 23.1. The summed E-state index contributed by atoms with van der Waals surface area (Å²) in [7, 11) is -3.99. The van der Waals surface area contributed by atoms with Gasteiger partial charge >= 0.3 is 36.3 Å². The number of aliphatic imine (C=N–C) groups is 1. The molecular weight excluding hydrogens is 913 g/mol. The van der Waals surface area contributed by atoms with E-state index in [0.29, 0.717) is 68.9 Å². The van der Waals surface area contributed by atoms with Crippen molar-refractivity contribution in [2.75, 3.05) is 24.7 Å². The molecule has 0 saturated carbocycles. The van der Waals surface area contributed by atoms with Crippen LogP contribution in [-0.4, -0.2) is 91.2 Å². The van der Waals surface area contributed by atoms with Gasteiger partial charge in [-0.1, -0.05) is 24.3 Å². The Hall–Kier alpha value is -6.54. The van der Waals surface area contributed by atoms with Crippen molar-refractivity contribution < 1.29 is 74.0 Å². The molecule has 0 atom stereocenters. The Morgan fingerprint density at radius 3 is 2.02 bits per heavy atom. The number of guanidine groups is 1. The molecule has 4 rings (SSSR count). The molecule has 17 nitrogen and oxygen atoms in total. The van der Waals surface area contributed by atoms with Crippen LogP contribution >= 0.6 is 23.1 Å². The molecule has 0 aliphatic heterocycles. The van der Waals surface area contributed by atoms with Gasteiger partial charge in [0.2, 0.25) is 9.84 Å². The van der Waals surface area contributed by atoms with Gasteiger partial charge in [-0.3, -0.25) is 5.41 Å². The number of amidine groups is 1. The third kappa shape index (κ3) is 16.4. The van der Waals surface area contributed by atoms with E-state index in [1.807, 2.05) is 0 Å². The fourth-order valence-corrected chi connectivity index (χ4v) is 8.86. The Balaban J connectivity index is 0.000000838. The smallest absolute Gasteiger partial charge is 0.490 e. The maximum Gasteiger partial charge on any atom is 0.490 e. The number of aromatic carboxylic acids is 1. The number of thioether (sulfide) groups is 1. The van der Waals surface area contributed by atoms with Crippen molar-refractivity contribution in [3.8, 4) is 16.9 Å². The van der Waals surface area contributed by atoms with Crippen molar-refractivity contribution in [3.05, 3.63) is 82.7 Å². The predicted molar refractivity (Wildman–Crippen MR) is 222 cm³/mol. The lowest BCUT2D eigenvalue weighted by molar-refractivity contribution is -0.193. The number of thiophene rings is 1. The minimum atomic E-state index is -5.08. The van der Waals surface area contributed by atoms with Gasteiger partial charge < -0.3 is 47.9 Å². The summed E-state index contributed by atoms with van der Waals surface area (Å²) in [4.78, 5) is 46.8. The first-order chi connectivity index (χ1) is 29.2. The van der Waals surface area contributed by atoms with Crippen molar-refractivity contribution in [1.29, 1.82) is 5.41 Å². The summed E-state index contributed by atoms with van der Waals surface area (Å²) >= 11 is 2.40. The largest absolute Gasteiger partial charge is 0.493 e. The van der Waals surface area contributed by atoms with Crippen LogP contribution in [0.4, 0.5) is 42.5 Å². The molecule has 1 heterocycles. The van der Waals surface area contributed by atoms with Gasteiger partial charge in [-0.05, 0) is 86.0 Å². The number of nitrogens with two attached hydrogens (primary N) is 3. The van der Waals surface area contributed by atoms with Gasteiger partial charge in [-0.25, -0.2) is 32.6 Å². The molecule has 0 radical (unpaired) electrons. The molecule has 63 heavy (non-hydrogen) atoms. The maximum absolute atomic E-state index is 13.8. The Morgan fingerprint density at radius 1 is 0.873 bits per heavy atom. The van der Waals surface area contributed by atoms with Crippen LogP contribution in [0.3, 0.4) is 0 Å². The third-order valence-corrected chi connectivity index (χ3v) is 12.0. The number of carbonyl (C=O) groups is 4. The highest BCUT2D eigenvalue weighted by Crippen LogP contribution is 2.40. The number of benzene rings is 3. The van der Waals surface area contributed by atoms with E-state index in [1.165, 1.54) is 36.0 Å². The van der Waals surface area contributed by atoms with E-state index in [4.69, 9.17) is 47.1 Å². The number of rotatable bonds is 15. The molecule has 12 N–H and O–H groups in total. The number of aliphatic carboxylic acids is 2. The van der Waals surface area contributed by atoms with E-state index >= 15 is 0 Å². The van der Waals surface area contributed by atoms with Crippen LogP contribution in [0.25, 0.3) is 11.1 Å². The molecule has 0 bridgehead atoms. The molecule has 0 aliphatic rings. The van der Waals surface area contributed by atoms with Crippen molar-refractivity contribution in [1.82, 2.24) is 5.32 Å². The Kier molecular flexibility index (Phi) is 19.3. The monoisotopic (exact) mass is 951 g/mol. The van der Waals surface area contributed by atoms with Crippen LogP contribution in [0, 0.1) is 12.3 Å². The number of unbranched alkanes of at least 4 members (excludes halogenated alkanes) is 2. The molecule has 0 fully saturated rings. The molecule has 26 heteroatoms. The number of urea groups is 1. The summed E-state index contributed by atoms with van der Waals surface area (Å²) in [5, 5.41) is 37.0. The van der Waals surface area contributed by atoms with E-state index in [1.54, 1.807) is 55.6 Å². The lowest BCUT2D eigenvalue weighted by atomic mass is 9.97. The fourth-order valence-electron chi connectivity index (χ4n) is 4.95. The Labute approximate surface area is 362 Å². The molecule has 0 saturated heterocycles. The standard InChI is InChI=1S/C33H37N7O6S3.2C2HF3O2/c1-19-15-21(39-32(36)37)17-24(40-33(43)38-13-6-3-7-14-46-25-12-5-4-11-23(25)30(41)42)28(19)20-9-8-10-22(16-20)49(44,45)27-18-26(29(34)35)48-31(27)47-2;2*3-2(4,5)1(6)7/h4-5,8-12,15-18H,3,6-7,13-14H2,1-2H3,(H3,34,35)(H,41,42)(H4,36,37,39)(H2,38,40,43);2*(H,6,7). The van der Waals surface area contributed by atoms with Gasteiger partial charge in [0, 0.05) is 12.1 Å². The number of alkyl halides is 6. The van der Waals surface area contributed by atoms with E-state index in [-0.39, 0.29) is 27.1 Å². The van der Waals surface area contributed by atoms with Crippen molar-refractivity contribution in [2.45, 2.75) is 52.5 Å². The Bertz CT molecular complexity index is 2420. The molecule has 3 aromatic carbocycles. The van der Waals surface area contributed by atoms with Gasteiger partial charge in [-0.2, -0.15) is 26.3 Å². The normalized spacial score (nSPS) is 11.1. The first-order valence-electron chi connectivity index (χ1n) is 17.4. The highest BCUT2D eigenvalue weighted by molar-refractivity contribution is 8.01. The van der Waals surface area contributed by atoms with Gasteiger partial charge in [0.25, 0.3) is 0 Å². The molecule has 0 spiro atoms. The van der Waals surface area contributed by atoms with Crippen LogP contribution in [0.15, 0.2) is 85.7 Å². The zero-order chi connectivity index (χ0) is 47.9. The maximum atomic E-state index is 13.8. The van der Waals surface area contributed by atoms with Gasteiger partial charge in [0.15, 0.2) is 5.96 Å². The van der Waals surface area contributed by atoms with Crippen LogP contribution in [0.5, 0.6) is 5.75 Å². The summed E-state index contributed by atoms with van der Waals surface area (Å²) < 4.78 is 97.2. The number of anilines is 1. The van der Waals surface area contributed by atoms with E-state index in [9.17, 15) is 49.5 Å². The highest BCUT2D eigenvalue weighted by Gasteiger charge is 2.39. The summed E-state index contributed by atoms with van der Waals surface area (Å²) in [5.41, 5.74) is 19.5. The van der Waals surface area contributed by atoms with Crippen molar-refractivity contribution >= 4 is 80.0 Å².